The highest BCUT2D eigenvalue weighted by Gasteiger charge is 2.23. The van der Waals surface area contributed by atoms with Crippen molar-refractivity contribution in [1.82, 2.24) is 4.90 Å². The molecule has 1 aliphatic rings. The van der Waals surface area contributed by atoms with E-state index in [0.29, 0.717) is 5.92 Å². The fraction of sp³-hybridized carbons (Fsp3) is 0.333. The largest absolute Gasteiger partial charge is 0.298 e. The molecule has 0 bridgehead atoms. The number of rotatable bonds is 4. The summed E-state index contributed by atoms with van der Waals surface area (Å²) in [6.07, 6.45) is 1.17. The summed E-state index contributed by atoms with van der Waals surface area (Å²) in [5, 5.41) is 0. The zero-order valence-corrected chi connectivity index (χ0v) is 11.6. The Morgan fingerprint density at radius 3 is 2.60 bits per heavy atom. The van der Waals surface area contributed by atoms with E-state index in [0.717, 1.165) is 25.2 Å². The summed E-state index contributed by atoms with van der Waals surface area (Å²) >= 11 is 0. The maximum absolute atomic E-state index is 12.7. The van der Waals surface area contributed by atoms with E-state index in [-0.39, 0.29) is 6.67 Å². The Balaban J connectivity index is 1.64. The minimum Gasteiger partial charge on any atom is -0.298 e. The minimum absolute atomic E-state index is 0.367. The van der Waals surface area contributed by atoms with Gasteiger partial charge in [-0.1, -0.05) is 54.6 Å². The van der Waals surface area contributed by atoms with E-state index >= 15 is 0 Å². The van der Waals surface area contributed by atoms with Crippen LogP contribution in [0.1, 0.15) is 29.0 Å². The van der Waals surface area contributed by atoms with Crippen LogP contribution in [0.5, 0.6) is 0 Å². The van der Waals surface area contributed by atoms with Crippen LogP contribution in [0.3, 0.4) is 0 Å². The molecule has 2 aromatic carbocycles. The third-order valence-corrected chi connectivity index (χ3v) is 4.10. The summed E-state index contributed by atoms with van der Waals surface area (Å²) in [6.45, 7) is 2.85. The second kappa shape index (κ2) is 6.19. The molecule has 1 heterocycles. The number of nitrogens with zero attached hydrogens (tertiary/aromatic N) is 1. The second-order valence-corrected chi connectivity index (χ2v) is 5.58. The predicted octanol–water partition coefficient (Wildman–Crippen LogP) is 4.15. The molecule has 3 rings (SSSR count). The van der Waals surface area contributed by atoms with E-state index in [1.807, 2.05) is 18.2 Å². The molecule has 104 valence electrons. The molecule has 0 radical (unpaired) electrons. The third-order valence-electron chi connectivity index (χ3n) is 4.10. The molecule has 1 aliphatic heterocycles. The van der Waals surface area contributed by atoms with Crippen LogP contribution < -0.4 is 0 Å². The van der Waals surface area contributed by atoms with Crippen LogP contribution in [0.2, 0.25) is 0 Å². The Kier molecular flexibility index (Phi) is 4.12. The molecule has 0 N–H and O–H groups in total. The minimum atomic E-state index is -0.367. The van der Waals surface area contributed by atoms with E-state index in [2.05, 4.69) is 41.3 Å². The van der Waals surface area contributed by atoms with Gasteiger partial charge in [-0.2, -0.15) is 0 Å². The number of halogens is 1. The monoisotopic (exact) mass is 269 g/mol. The first kappa shape index (κ1) is 13.3. The molecule has 1 fully saturated rings. The van der Waals surface area contributed by atoms with Gasteiger partial charge in [0.1, 0.15) is 6.67 Å². The maximum atomic E-state index is 12.7. The number of alkyl halides is 1. The molecule has 0 aromatic heterocycles. The molecule has 2 aromatic rings. The third kappa shape index (κ3) is 3.07. The van der Waals surface area contributed by atoms with Crippen molar-refractivity contribution in [1.29, 1.82) is 0 Å². The lowest BCUT2D eigenvalue weighted by molar-refractivity contribution is 0.327. The van der Waals surface area contributed by atoms with Crippen molar-refractivity contribution in [3.63, 3.8) is 0 Å². The zero-order chi connectivity index (χ0) is 13.8. The number of benzene rings is 2. The van der Waals surface area contributed by atoms with Gasteiger partial charge in [0.05, 0.1) is 0 Å². The zero-order valence-electron chi connectivity index (χ0n) is 11.6. The quantitative estimate of drug-likeness (QED) is 0.806. The number of hydrogen-bond acceptors (Lipinski definition) is 1. The fourth-order valence-corrected chi connectivity index (χ4v) is 3.02. The summed E-state index contributed by atoms with van der Waals surface area (Å²) in [4.78, 5) is 2.49. The molecular formula is C18H20FN. The van der Waals surface area contributed by atoms with Crippen LogP contribution in [0.25, 0.3) is 0 Å². The van der Waals surface area contributed by atoms with Gasteiger partial charge in [0.25, 0.3) is 0 Å². The predicted molar refractivity (Wildman–Crippen MR) is 80.3 cm³/mol. The van der Waals surface area contributed by atoms with Gasteiger partial charge >= 0.3 is 0 Å². The Hall–Kier alpha value is -1.67. The molecule has 2 heteroatoms. The lowest BCUT2D eigenvalue weighted by atomic mass is 9.97. The fourth-order valence-electron chi connectivity index (χ4n) is 3.02. The first-order valence-electron chi connectivity index (χ1n) is 7.26. The van der Waals surface area contributed by atoms with Crippen molar-refractivity contribution in [2.45, 2.75) is 25.6 Å². The summed E-state index contributed by atoms with van der Waals surface area (Å²) in [5.41, 5.74) is 3.45. The lowest BCUT2D eigenvalue weighted by Crippen LogP contribution is -2.19. The molecule has 0 amide bonds. The first-order valence-corrected chi connectivity index (χ1v) is 7.26. The molecule has 0 saturated carbocycles. The van der Waals surface area contributed by atoms with Crippen LogP contribution in [-0.4, -0.2) is 18.0 Å². The molecule has 0 spiro atoms. The highest BCUT2D eigenvalue weighted by Crippen LogP contribution is 2.28. The Labute approximate surface area is 120 Å². The van der Waals surface area contributed by atoms with E-state index in [1.54, 1.807) is 0 Å². The van der Waals surface area contributed by atoms with Gasteiger partial charge in [-0.05, 0) is 35.6 Å². The van der Waals surface area contributed by atoms with Crippen molar-refractivity contribution in [3.05, 3.63) is 71.3 Å². The van der Waals surface area contributed by atoms with Crippen LogP contribution in [0, 0.1) is 0 Å². The van der Waals surface area contributed by atoms with Gasteiger partial charge in [-0.3, -0.25) is 4.90 Å². The first-order chi connectivity index (χ1) is 9.85. The van der Waals surface area contributed by atoms with Crippen molar-refractivity contribution in [2.24, 2.45) is 0 Å². The van der Waals surface area contributed by atoms with Crippen molar-refractivity contribution in [2.75, 3.05) is 13.1 Å². The topological polar surface area (TPSA) is 3.24 Å². The summed E-state index contributed by atoms with van der Waals surface area (Å²) in [6, 6.07) is 18.6. The standard InChI is InChI=1S/C18H20FN/c19-12-16-7-4-8-17(11-16)18-9-10-20(14-18)13-15-5-2-1-3-6-15/h1-8,11,18H,9-10,12-14H2. The van der Waals surface area contributed by atoms with Crippen LogP contribution in [0.4, 0.5) is 4.39 Å². The van der Waals surface area contributed by atoms with Crippen molar-refractivity contribution >= 4 is 0 Å². The molecule has 1 saturated heterocycles. The summed E-state index contributed by atoms with van der Waals surface area (Å²) in [5.74, 6) is 0.546. The highest BCUT2D eigenvalue weighted by atomic mass is 19.1. The van der Waals surface area contributed by atoms with E-state index in [1.165, 1.54) is 17.5 Å². The Morgan fingerprint density at radius 1 is 1.00 bits per heavy atom. The highest BCUT2D eigenvalue weighted by molar-refractivity contribution is 5.27. The normalized spacial score (nSPS) is 19.4. The summed E-state index contributed by atoms with van der Waals surface area (Å²) < 4.78 is 12.7. The van der Waals surface area contributed by atoms with Gasteiger partial charge in [-0.15, -0.1) is 0 Å². The molecule has 20 heavy (non-hydrogen) atoms. The van der Waals surface area contributed by atoms with Crippen LogP contribution >= 0.6 is 0 Å². The van der Waals surface area contributed by atoms with E-state index in [4.69, 9.17) is 0 Å². The average Bonchev–Trinajstić information content (AvgIpc) is 2.97. The van der Waals surface area contributed by atoms with Crippen LogP contribution in [-0.2, 0) is 13.2 Å². The summed E-state index contributed by atoms with van der Waals surface area (Å²) in [7, 11) is 0. The van der Waals surface area contributed by atoms with Gasteiger partial charge in [0.2, 0.25) is 0 Å². The van der Waals surface area contributed by atoms with Gasteiger partial charge in [-0.25, -0.2) is 4.39 Å². The smallest absolute Gasteiger partial charge is 0.115 e. The van der Waals surface area contributed by atoms with Crippen molar-refractivity contribution < 1.29 is 4.39 Å². The maximum Gasteiger partial charge on any atom is 0.115 e. The van der Waals surface area contributed by atoms with E-state index < -0.39 is 0 Å². The lowest BCUT2D eigenvalue weighted by Gasteiger charge is -2.16. The molecule has 1 atom stereocenters. The average molecular weight is 269 g/mol. The van der Waals surface area contributed by atoms with Crippen LogP contribution in [0.15, 0.2) is 54.6 Å². The van der Waals surface area contributed by atoms with Crippen molar-refractivity contribution in [3.8, 4) is 0 Å². The molecule has 1 unspecified atom stereocenters. The van der Waals surface area contributed by atoms with E-state index in [9.17, 15) is 4.39 Å². The molecule has 0 aliphatic carbocycles. The van der Waals surface area contributed by atoms with Gasteiger partial charge < -0.3 is 0 Å². The number of hydrogen-bond donors (Lipinski definition) is 0. The SMILES string of the molecule is FCc1cccc(C2CCN(Cc3ccccc3)C2)c1. The molecular weight excluding hydrogens is 249 g/mol. The second-order valence-electron chi connectivity index (χ2n) is 5.58. The Bertz CT molecular complexity index is 552. The van der Waals surface area contributed by atoms with Gasteiger partial charge in [0.15, 0.2) is 0 Å². The van der Waals surface area contributed by atoms with Gasteiger partial charge in [0, 0.05) is 13.1 Å². The molecule has 1 nitrogen and oxygen atoms in total. The Morgan fingerprint density at radius 2 is 1.80 bits per heavy atom. The number of likely N-dealkylation sites (tertiary alicyclic amines) is 1.